The Kier molecular flexibility index (Phi) is 5.07. The molecule has 1 aromatic heterocycles. The van der Waals surface area contributed by atoms with Crippen molar-refractivity contribution < 1.29 is 19.1 Å². The zero-order valence-corrected chi connectivity index (χ0v) is 15.6. The van der Waals surface area contributed by atoms with E-state index >= 15 is 0 Å². The minimum atomic E-state index is -0.456. The number of anilines is 1. The van der Waals surface area contributed by atoms with Gasteiger partial charge in [-0.25, -0.2) is 4.79 Å². The summed E-state index contributed by atoms with van der Waals surface area (Å²) in [6.07, 6.45) is 0. The maximum Gasteiger partial charge on any atom is 0.337 e. The number of esters is 1. The highest BCUT2D eigenvalue weighted by molar-refractivity contribution is 6.07. The lowest BCUT2D eigenvalue weighted by molar-refractivity contribution is 0.0600. The second kappa shape index (κ2) is 7.45. The van der Waals surface area contributed by atoms with Gasteiger partial charge in [0, 0.05) is 17.1 Å². The van der Waals surface area contributed by atoms with Crippen molar-refractivity contribution in [2.45, 2.75) is 13.8 Å². The van der Waals surface area contributed by atoms with Crippen LogP contribution in [0.1, 0.15) is 32.0 Å². The van der Waals surface area contributed by atoms with Crippen LogP contribution in [0.5, 0.6) is 5.75 Å². The summed E-state index contributed by atoms with van der Waals surface area (Å²) in [6, 6.07) is 12.3. The Morgan fingerprint density at radius 3 is 2.48 bits per heavy atom. The molecule has 3 aromatic rings. The number of methoxy groups -OCH3 is 2. The van der Waals surface area contributed by atoms with Gasteiger partial charge in [0.15, 0.2) is 0 Å². The molecule has 0 atom stereocenters. The number of ether oxygens (including phenoxy) is 2. The highest BCUT2D eigenvalue weighted by Gasteiger charge is 2.15. The van der Waals surface area contributed by atoms with Crippen molar-refractivity contribution in [2.24, 2.45) is 0 Å². The first kappa shape index (κ1) is 18.4. The van der Waals surface area contributed by atoms with Crippen LogP contribution in [0.25, 0.3) is 10.9 Å². The summed E-state index contributed by atoms with van der Waals surface area (Å²) in [4.78, 5) is 29.1. The predicted octanol–water partition coefficient (Wildman–Crippen LogP) is 3.90. The molecule has 0 spiro atoms. The van der Waals surface area contributed by atoms with Gasteiger partial charge in [0.1, 0.15) is 5.75 Å². The van der Waals surface area contributed by atoms with Crippen molar-refractivity contribution in [1.82, 2.24) is 4.98 Å². The van der Waals surface area contributed by atoms with E-state index in [9.17, 15) is 9.59 Å². The fourth-order valence-corrected chi connectivity index (χ4v) is 2.79. The number of nitrogens with one attached hydrogen (secondary N) is 1. The molecule has 0 aliphatic rings. The first-order valence-corrected chi connectivity index (χ1v) is 8.38. The molecule has 2 aromatic carbocycles. The average Bonchev–Trinajstić information content (AvgIpc) is 2.67. The zero-order chi connectivity index (χ0) is 19.6. The van der Waals surface area contributed by atoms with E-state index in [2.05, 4.69) is 10.3 Å². The number of carbonyl (C=O) groups excluding carboxylic acids is 2. The second-order valence-corrected chi connectivity index (χ2v) is 6.16. The first-order chi connectivity index (χ1) is 12.9. The number of hydrogen-bond donors (Lipinski definition) is 1. The summed E-state index contributed by atoms with van der Waals surface area (Å²) >= 11 is 0. The lowest BCUT2D eigenvalue weighted by Crippen LogP contribution is -2.15. The van der Waals surface area contributed by atoms with Crippen molar-refractivity contribution in [3.8, 4) is 5.75 Å². The fourth-order valence-electron chi connectivity index (χ4n) is 2.79. The smallest absolute Gasteiger partial charge is 0.337 e. The van der Waals surface area contributed by atoms with Gasteiger partial charge in [-0.2, -0.15) is 0 Å². The van der Waals surface area contributed by atoms with Gasteiger partial charge >= 0.3 is 5.97 Å². The number of aryl methyl sites for hydroxylation is 2. The number of carbonyl (C=O) groups is 2. The van der Waals surface area contributed by atoms with Crippen LogP contribution in [-0.2, 0) is 4.74 Å². The van der Waals surface area contributed by atoms with Crippen molar-refractivity contribution in [1.29, 1.82) is 0 Å². The molecule has 0 aliphatic carbocycles. The van der Waals surface area contributed by atoms with Gasteiger partial charge in [-0.1, -0.05) is 6.07 Å². The number of aromatic nitrogens is 1. The molecule has 0 bridgehead atoms. The average molecular weight is 364 g/mol. The molecule has 0 saturated heterocycles. The fraction of sp³-hybridized carbons (Fsp3) is 0.190. The topological polar surface area (TPSA) is 77.5 Å². The van der Waals surface area contributed by atoms with Crippen LogP contribution in [-0.4, -0.2) is 31.1 Å². The lowest BCUT2D eigenvalue weighted by atomic mass is 10.1. The van der Waals surface area contributed by atoms with Crippen LogP contribution in [0, 0.1) is 13.8 Å². The van der Waals surface area contributed by atoms with Crippen LogP contribution in [0.3, 0.4) is 0 Å². The van der Waals surface area contributed by atoms with Crippen LogP contribution in [0.2, 0.25) is 0 Å². The van der Waals surface area contributed by atoms with Gasteiger partial charge in [-0.15, -0.1) is 0 Å². The van der Waals surface area contributed by atoms with E-state index in [-0.39, 0.29) is 5.91 Å². The molecule has 0 saturated carbocycles. The molecule has 138 valence electrons. The molecular formula is C21H20N2O4. The van der Waals surface area contributed by atoms with Gasteiger partial charge in [-0.3, -0.25) is 9.78 Å². The van der Waals surface area contributed by atoms with Crippen molar-refractivity contribution in [3.05, 3.63) is 64.8 Å². The monoisotopic (exact) mass is 364 g/mol. The molecule has 6 heteroatoms. The van der Waals surface area contributed by atoms with E-state index in [0.29, 0.717) is 28.3 Å². The third-order valence-corrected chi connectivity index (χ3v) is 4.37. The summed E-state index contributed by atoms with van der Waals surface area (Å²) in [5.74, 6) is -0.0346. The molecule has 1 N–H and O–H groups in total. The number of rotatable bonds is 4. The second-order valence-electron chi connectivity index (χ2n) is 6.16. The molecule has 1 amide bonds. The summed E-state index contributed by atoms with van der Waals surface area (Å²) in [6.45, 7) is 3.64. The standard InChI is InChI=1S/C21H20N2O4/c1-12-5-6-15(21(25)27-4)10-18(12)23-20(24)17-9-14-7-8-16(26-3)11-19(14)22-13(17)2/h5-11H,1-4H3,(H,23,24). The SMILES string of the molecule is COC(=O)c1ccc(C)c(NC(=O)c2cc3ccc(OC)cc3nc2C)c1. The number of amides is 1. The van der Waals surface area contributed by atoms with Gasteiger partial charge < -0.3 is 14.8 Å². The minimum absolute atomic E-state index is 0.289. The minimum Gasteiger partial charge on any atom is -0.497 e. The summed E-state index contributed by atoms with van der Waals surface area (Å²) in [7, 11) is 2.92. The van der Waals surface area contributed by atoms with Crippen LogP contribution in [0.4, 0.5) is 5.69 Å². The van der Waals surface area contributed by atoms with Crippen LogP contribution >= 0.6 is 0 Å². The maximum absolute atomic E-state index is 12.8. The van der Waals surface area contributed by atoms with E-state index in [0.717, 1.165) is 16.5 Å². The van der Waals surface area contributed by atoms with Crippen LogP contribution in [0.15, 0.2) is 42.5 Å². The van der Waals surface area contributed by atoms with E-state index in [1.54, 1.807) is 38.3 Å². The molecule has 3 rings (SSSR count). The van der Waals surface area contributed by atoms with E-state index in [1.165, 1.54) is 7.11 Å². The van der Waals surface area contributed by atoms with Crippen molar-refractivity contribution in [3.63, 3.8) is 0 Å². The normalized spacial score (nSPS) is 10.5. The quantitative estimate of drug-likeness (QED) is 0.711. The molecule has 1 heterocycles. The van der Waals surface area contributed by atoms with E-state index in [4.69, 9.17) is 9.47 Å². The number of benzene rings is 2. The van der Waals surface area contributed by atoms with Crippen molar-refractivity contribution >= 4 is 28.5 Å². The van der Waals surface area contributed by atoms with E-state index in [1.807, 2.05) is 25.1 Å². The van der Waals surface area contributed by atoms with Gasteiger partial charge in [0.2, 0.25) is 0 Å². The third kappa shape index (κ3) is 3.74. The third-order valence-electron chi connectivity index (χ3n) is 4.37. The summed E-state index contributed by atoms with van der Waals surface area (Å²) in [5.41, 5.74) is 3.60. The number of pyridine rings is 1. The Bertz CT molecular complexity index is 1040. The summed E-state index contributed by atoms with van der Waals surface area (Å²) < 4.78 is 9.95. The van der Waals surface area contributed by atoms with Gasteiger partial charge in [0.25, 0.3) is 5.91 Å². The molecule has 0 fully saturated rings. The van der Waals surface area contributed by atoms with Gasteiger partial charge in [-0.05, 0) is 49.7 Å². The Hall–Kier alpha value is -3.41. The molecule has 0 radical (unpaired) electrons. The lowest BCUT2D eigenvalue weighted by Gasteiger charge is -2.12. The Morgan fingerprint density at radius 2 is 1.78 bits per heavy atom. The molecule has 27 heavy (non-hydrogen) atoms. The zero-order valence-electron chi connectivity index (χ0n) is 15.6. The molecular weight excluding hydrogens is 344 g/mol. The van der Waals surface area contributed by atoms with Gasteiger partial charge in [0.05, 0.1) is 36.6 Å². The maximum atomic E-state index is 12.8. The highest BCUT2D eigenvalue weighted by atomic mass is 16.5. The number of nitrogens with zero attached hydrogens (tertiary/aromatic N) is 1. The number of hydrogen-bond acceptors (Lipinski definition) is 5. The summed E-state index contributed by atoms with van der Waals surface area (Å²) in [5, 5.41) is 3.70. The molecule has 0 aliphatic heterocycles. The Labute approximate surface area is 157 Å². The first-order valence-electron chi connectivity index (χ1n) is 8.38. The number of fused-ring (bicyclic) bond motifs is 1. The Balaban J connectivity index is 1.94. The van der Waals surface area contributed by atoms with Crippen LogP contribution < -0.4 is 10.1 Å². The predicted molar refractivity (Wildman–Crippen MR) is 104 cm³/mol. The Morgan fingerprint density at radius 1 is 1.00 bits per heavy atom. The van der Waals surface area contributed by atoms with Crippen molar-refractivity contribution in [2.75, 3.05) is 19.5 Å². The molecule has 6 nitrogen and oxygen atoms in total. The largest absolute Gasteiger partial charge is 0.497 e. The highest BCUT2D eigenvalue weighted by Crippen LogP contribution is 2.23. The molecule has 0 unspecified atom stereocenters. The van der Waals surface area contributed by atoms with E-state index < -0.39 is 5.97 Å².